The minimum atomic E-state index is 0.0728. The van der Waals surface area contributed by atoms with Gasteiger partial charge < -0.3 is 9.80 Å². The smallest absolute Gasteiger partial charge is 0.227 e. The summed E-state index contributed by atoms with van der Waals surface area (Å²) >= 11 is 0. The van der Waals surface area contributed by atoms with E-state index in [2.05, 4.69) is 67.1 Å². The number of benzene rings is 1. The molecule has 2 atom stereocenters. The Morgan fingerprint density at radius 1 is 1.11 bits per heavy atom. The first kappa shape index (κ1) is 19.8. The van der Waals surface area contributed by atoms with Crippen molar-refractivity contribution in [2.45, 2.75) is 52.1 Å². The summed E-state index contributed by atoms with van der Waals surface area (Å²) in [6.45, 7) is 9.87. The van der Waals surface area contributed by atoms with E-state index in [9.17, 15) is 4.79 Å². The fourth-order valence-corrected chi connectivity index (χ4v) is 3.84. The van der Waals surface area contributed by atoms with Crippen LogP contribution in [0.4, 0.5) is 5.82 Å². The summed E-state index contributed by atoms with van der Waals surface area (Å²) in [6.07, 6.45) is 0.420. The molecule has 1 aromatic carbocycles. The quantitative estimate of drug-likeness (QED) is 0.818. The van der Waals surface area contributed by atoms with Gasteiger partial charge in [0.1, 0.15) is 6.07 Å². The van der Waals surface area contributed by atoms with Crippen LogP contribution in [-0.4, -0.2) is 46.2 Å². The van der Waals surface area contributed by atoms with Crippen LogP contribution < -0.4 is 4.90 Å². The third kappa shape index (κ3) is 4.30. The van der Waals surface area contributed by atoms with E-state index in [4.69, 9.17) is 5.26 Å². The number of hydrogen-bond acceptors (Lipinski definition) is 5. The topological polar surface area (TPSA) is 73.1 Å². The van der Waals surface area contributed by atoms with Gasteiger partial charge in [-0.05, 0) is 43.0 Å². The maximum Gasteiger partial charge on any atom is 0.227 e. The lowest BCUT2D eigenvalue weighted by molar-refractivity contribution is -0.135. The van der Waals surface area contributed by atoms with Crippen LogP contribution in [0.25, 0.3) is 0 Å². The number of anilines is 1. The van der Waals surface area contributed by atoms with E-state index in [1.165, 1.54) is 5.56 Å². The minimum Gasteiger partial charge on any atom is -0.351 e. The molecule has 0 radical (unpaired) electrons. The molecule has 0 spiro atoms. The molecule has 0 aliphatic carbocycles. The lowest BCUT2D eigenvalue weighted by atomic mass is 10.00. The van der Waals surface area contributed by atoms with E-state index in [0.717, 1.165) is 11.4 Å². The Kier molecular flexibility index (Phi) is 5.93. The third-order valence-electron chi connectivity index (χ3n) is 5.30. The molecule has 1 aliphatic rings. The van der Waals surface area contributed by atoms with E-state index in [1.54, 1.807) is 6.07 Å². The Bertz CT molecular complexity index is 842. The largest absolute Gasteiger partial charge is 0.351 e. The summed E-state index contributed by atoms with van der Waals surface area (Å²) in [4.78, 5) is 17.1. The summed E-state index contributed by atoms with van der Waals surface area (Å²) < 4.78 is 0. The molecule has 2 heterocycles. The molecular formula is C22H27N5O. The van der Waals surface area contributed by atoms with Crippen molar-refractivity contribution in [2.75, 3.05) is 18.0 Å². The number of hydrogen-bond donors (Lipinski definition) is 0. The van der Waals surface area contributed by atoms with Gasteiger partial charge in [-0.1, -0.05) is 38.1 Å². The summed E-state index contributed by atoms with van der Waals surface area (Å²) in [7, 11) is 0. The second-order valence-corrected chi connectivity index (χ2v) is 7.87. The van der Waals surface area contributed by atoms with Gasteiger partial charge in [-0.3, -0.25) is 4.79 Å². The molecule has 0 saturated carbocycles. The Balaban J connectivity index is 1.66. The van der Waals surface area contributed by atoms with Crippen LogP contribution in [0.1, 0.15) is 50.4 Å². The number of carbonyl (C=O) groups excluding carboxylic acids is 1. The standard InChI is InChI=1S/C22H27N5O/c1-15(2)19-7-5-18(6-8-19)11-22(28)27-16(3)13-26(14-17(27)4)21-10-9-20(12-23)24-25-21/h5-10,15-17H,11,13-14H2,1-4H3/t16-,17+. The summed E-state index contributed by atoms with van der Waals surface area (Å²) in [6, 6.07) is 14.0. The van der Waals surface area contributed by atoms with Crippen molar-refractivity contribution in [3.05, 3.63) is 53.2 Å². The van der Waals surface area contributed by atoms with Gasteiger partial charge >= 0.3 is 0 Å². The van der Waals surface area contributed by atoms with Crippen molar-refractivity contribution in [3.63, 3.8) is 0 Å². The lowest BCUT2D eigenvalue weighted by Gasteiger charge is -2.44. The number of piperazine rings is 1. The van der Waals surface area contributed by atoms with Gasteiger partial charge in [-0.15, -0.1) is 10.2 Å². The Hall–Kier alpha value is -2.94. The van der Waals surface area contributed by atoms with Crippen molar-refractivity contribution >= 4 is 11.7 Å². The van der Waals surface area contributed by atoms with E-state index < -0.39 is 0 Å². The number of carbonyl (C=O) groups is 1. The van der Waals surface area contributed by atoms with E-state index in [1.807, 2.05) is 17.0 Å². The lowest BCUT2D eigenvalue weighted by Crippen LogP contribution is -2.59. The molecular weight excluding hydrogens is 350 g/mol. The summed E-state index contributed by atoms with van der Waals surface area (Å²) in [5.41, 5.74) is 2.64. The van der Waals surface area contributed by atoms with Crippen LogP contribution in [-0.2, 0) is 11.2 Å². The first-order valence-corrected chi connectivity index (χ1v) is 9.77. The molecule has 6 nitrogen and oxygen atoms in total. The van der Waals surface area contributed by atoms with Crippen LogP contribution in [0.15, 0.2) is 36.4 Å². The highest BCUT2D eigenvalue weighted by Crippen LogP contribution is 2.22. The molecule has 0 bridgehead atoms. The number of aromatic nitrogens is 2. The molecule has 0 unspecified atom stereocenters. The van der Waals surface area contributed by atoms with Crippen LogP contribution in [0.3, 0.4) is 0 Å². The van der Waals surface area contributed by atoms with Gasteiger partial charge in [0, 0.05) is 25.2 Å². The van der Waals surface area contributed by atoms with Crippen molar-refractivity contribution in [1.29, 1.82) is 5.26 Å². The zero-order chi connectivity index (χ0) is 20.3. The molecule has 2 aromatic rings. The molecule has 0 N–H and O–H groups in total. The molecule has 28 heavy (non-hydrogen) atoms. The Labute approximate surface area is 166 Å². The van der Waals surface area contributed by atoms with E-state index in [-0.39, 0.29) is 18.0 Å². The molecule has 1 fully saturated rings. The van der Waals surface area contributed by atoms with E-state index >= 15 is 0 Å². The normalized spacial score (nSPS) is 19.6. The third-order valence-corrected chi connectivity index (χ3v) is 5.30. The summed E-state index contributed by atoms with van der Waals surface area (Å²) in [5, 5.41) is 16.9. The second kappa shape index (κ2) is 8.39. The van der Waals surface area contributed by atoms with Gasteiger partial charge in [0.05, 0.1) is 6.42 Å². The molecule has 1 aliphatic heterocycles. The molecule has 1 saturated heterocycles. The fraction of sp³-hybridized carbons (Fsp3) is 0.455. The van der Waals surface area contributed by atoms with Gasteiger partial charge in [-0.25, -0.2) is 0 Å². The minimum absolute atomic E-state index is 0.0728. The summed E-state index contributed by atoms with van der Waals surface area (Å²) in [5.74, 6) is 1.39. The van der Waals surface area contributed by atoms with E-state index in [0.29, 0.717) is 31.1 Å². The molecule has 6 heteroatoms. The first-order valence-electron chi connectivity index (χ1n) is 9.77. The van der Waals surface area contributed by atoms with Crippen LogP contribution >= 0.6 is 0 Å². The second-order valence-electron chi connectivity index (χ2n) is 7.87. The monoisotopic (exact) mass is 377 g/mol. The van der Waals surface area contributed by atoms with Crippen molar-refractivity contribution in [1.82, 2.24) is 15.1 Å². The predicted molar refractivity (Wildman–Crippen MR) is 109 cm³/mol. The van der Waals surface area contributed by atoms with Crippen molar-refractivity contribution in [2.24, 2.45) is 0 Å². The van der Waals surface area contributed by atoms with Gasteiger partial charge in [0.25, 0.3) is 0 Å². The molecule has 1 amide bonds. The number of nitriles is 1. The highest BCUT2D eigenvalue weighted by Gasteiger charge is 2.33. The zero-order valence-corrected chi connectivity index (χ0v) is 17.0. The fourth-order valence-electron chi connectivity index (χ4n) is 3.84. The number of rotatable bonds is 4. The van der Waals surface area contributed by atoms with Crippen molar-refractivity contribution in [3.8, 4) is 6.07 Å². The van der Waals surface area contributed by atoms with Crippen LogP contribution in [0.2, 0.25) is 0 Å². The average molecular weight is 377 g/mol. The maximum atomic E-state index is 13.0. The van der Waals surface area contributed by atoms with Crippen LogP contribution in [0.5, 0.6) is 0 Å². The molecule has 1 aromatic heterocycles. The Morgan fingerprint density at radius 2 is 1.75 bits per heavy atom. The first-order chi connectivity index (χ1) is 13.4. The van der Waals surface area contributed by atoms with Crippen LogP contribution in [0, 0.1) is 11.3 Å². The highest BCUT2D eigenvalue weighted by atomic mass is 16.2. The number of nitrogens with zero attached hydrogens (tertiary/aromatic N) is 5. The van der Waals surface area contributed by atoms with Gasteiger partial charge in [0.2, 0.25) is 5.91 Å². The zero-order valence-electron chi connectivity index (χ0n) is 17.0. The molecule has 146 valence electrons. The SMILES string of the molecule is CC(C)c1ccc(CC(=O)N2[C@H](C)CN(c3ccc(C#N)nn3)C[C@@H]2C)cc1. The van der Waals surface area contributed by atoms with Gasteiger partial charge in [-0.2, -0.15) is 5.26 Å². The highest BCUT2D eigenvalue weighted by molar-refractivity contribution is 5.79. The predicted octanol–water partition coefficient (Wildman–Crippen LogP) is 3.14. The molecule has 3 rings (SSSR count). The van der Waals surface area contributed by atoms with Gasteiger partial charge in [0.15, 0.2) is 11.5 Å². The maximum absolute atomic E-state index is 13.0. The Morgan fingerprint density at radius 3 is 2.25 bits per heavy atom. The average Bonchev–Trinajstić information content (AvgIpc) is 2.68. The number of amides is 1. The van der Waals surface area contributed by atoms with Crippen molar-refractivity contribution < 1.29 is 4.79 Å².